The second-order valence-corrected chi connectivity index (χ2v) is 10.4. The van der Waals surface area contributed by atoms with E-state index in [1.54, 1.807) is 0 Å². The number of amides is 1. The molecule has 3 fully saturated rings. The Bertz CT molecular complexity index is 955. The summed E-state index contributed by atoms with van der Waals surface area (Å²) in [5.74, 6) is 0.839. The molecule has 10 nitrogen and oxygen atoms in total. The van der Waals surface area contributed by atoms with E-state index in [-0.39, 0.29) is 17.9 Å². The number of carbonyl (C=O) groups is 1. The summed E-state index contributed by atoms with van der Waals surface area (Å²) in [5, 5.41) is 22.4. The van der Waals surface area contributed by atoms with E-state index in [0.717, 1.165) is 36.6 Å². The van der Waals surface area contributed by atoms with Crippen molar-refractivity contribution in [2.24, 2.45) is 5.41 Å². The predicted octanol–water partition coefficient (Wildman–Crippen LogP) is 1.85. The molecule has 184 valence electrons. The van der Waals surface area contributed by atoms with Gasteiger partial charge in [0.25, 0.3) is 0 Å². The van der Waals surface area contributed by atoms with Crippen LogP contribution in [0.3, 0.4) is 0 Å². The highest BCUT2D eigenvalue weighted by molar-refractivity contribution is 5.67. The van der Waals surface area contributed by atoms with Crippen LogP contribution in [0.5, 0.6) is 6.01 Å². The van der Waals surface area contributed by atoms with Gasteiger partial charge in [-0.1, -0.05) is 0 Å². The summed E-state index contributed by atoms with van der Waals surface area (Å²) in [6.45, 7) is 8.51. The first-order valence-electron chi connectivity index (χ1n) is 12.6. The molecule has 3 aliphatic heterocycles. The molecule has 1 aromatic heterocycles. The number of nitrogens with one attached hydrogen (secondary N) is 1. The van der Waals surface area contributed by atoms with Crippen LogP contribution in [0.15, 0.2) is 0 Å². The molecule has 5 rings (SSSR count). The van der Waals surface area contributed by atoms with Crippen LogP contribution in [0, 0.1) is 16.7 Å². The maximum Gasteiger partial charge on any atom is 0.407 e. The molecule has 1 amide bonds. The smallest absolute Gasteiger partial charge is 0.407 e. The van der Waals surface area contributed by atoms with E-state index in [4.69, 9.17) is 14.7 Å². The SMILES string of the molecule is C[C@H]1CN(c2nc(OCC3(CN4CCCC4)CC3)nc3c2CCNC3)C[C@H](CC#N)N1C(=O)O. The van der Waals surface area contributed by atoms with Gasteiger partial charge in [-0.05, 0) is 58.7 Å². The second kappa shape index (κ2) is 9.55. The lowest BCUT2D eigenvalue weighted by Gasteiger charge is -2.44. The van der Waals surface area contributed by atoms with Crippen molar-refractivity contribution in [1.29, 1.82) is 5.26 Å². The van der Waals surface area contributed by atoms with Crippen LogP contribution in [0.2, 0.25) is 0 Å². The van der Waals surface area contributed by atoms with Gasteiger partial charge >= 0.3 is 12.1 Å². The molecule has 2 saturated heterocycles. The van der Waals surface area contributed by atoms with Crippen LogP contribution in [0.1, 0.15) is 50.3 Å². The van der Waals surface area contributed by atoms with E-state index in [9.17, 15) is 15.2 Å². The zero-order valence-corrected chi connectivity index (χ0v) is 20.0. The van der Waals surface area contributed by atoms with Crippen molar-refractivity contribution in [3.05, 3.63) is 11.3 Å². The molecule has 34 heavy (non-hydrogen) atoms. The summed E-state index contributed by atoms with van der Waals surface area (Å²) in [6.07, 6.45) is 4.97. The van der Waals surface area contributed by atoms with Gasteiger partial charge in [-0.25, -0.2) is 4.79 Å². The fourth-order valence-electron chi connectivity index (χ4n) is 5.77. The zero-order valence-electron chi connectivity index (χ0n) is 20.0. The molecule has 4 heterocycles. The number of piperazine rings is 1. The summed E-state index contributed by atoms with van der Waals surface area (Å²) in [5.41, 5.74) is 2.29. The van der Waals surface area contributed by atoms with Gasteiger partial charge in [0.05, 0.1) is 36.9 Å². The molecular weight excluding hydrogens is 434 g/mol. The molecule has 0 unspecified atom stereocenters. The number of hydrogen-bond acceptors (Lipinski definition) is 8. The fraction of sp³-hybridized carbons (Fsp3) is 0.750. The van der Waals surface area contributed by atoms with Crippen LogP contribution in [0.4, 0.5) is 10.6 Å². The Labute approximate surface area is 200 Å². The van der Waals surface area contributed by atoms with Crippen molar-refractivity contribution < 1.29 is 14.6 Å². The van der Waals surface area contributed by atoms with Crippen molar-refractivity contribution in [1.82, 2.24) is 25.1 Å². The lowest BCUT2D eigenvalue weighted by Crippen LogP contribution is -2.59. The molecule has 2 atom stereocenters. The van der Waals surface area contributed by atoms with Crippen molar-refractivity contribution in [2.45, 2.75) is 64.1 Å². The Morgan fingerprint density at radius 2 is 2.09 bits per heavy atom. The standard InChI is InChI=1S/C24H35N7O3/c1-17-13-30(14-18(4-8-25)31(17)23(32)33)21-19-5-9-26-12-20(19)27-22(28-21)34-16-24(6-7-24)15-29-10-2-3-11-29/h17-18,26H,2-7,9-16H2,1H3,(H,32,33)/t17-,18-/m0/s1. The zero-order chi connectivity index (χ0) is 23.7. The average Bonchev–Trinajstić information content (AvgIpc) is 3.39. The molecule has 0 bridgehead atoms. The third-order valence-electron chi connectivity index (χ3n) is 7.75. The number of fused-ring (bicyclic) bond motifs is 1. The minimum atomic E-state index is -0.974. The Hall–Kier alpha value is -2.64. The quantitative estimate of drug-likeness (QED) is 0.617. The highest BCUT2D eigenvalue weighted by Gasteiger charge is 2.45. The van der Waals surface area contributed by atoms with Crippen molar-refractivity contribution in [3.8, 4) is 12.1 Å². The van der Waals surface area contributed by atoms with Gasteiger partial charge in [0.15, 0.2) is 0 Å². The maximum atomic E-state index is 11.8. The Kier molecular flexibility index (Phi) is 6.49. The molecule has 4 aliphatic rings. The van der Waals surface area contributed by atoms with Crippen molar-refractivity contribution >= 4 is 11.9 Å². The highest BCUT2D eigenvalue weighted by atomic mass is 16.5. The first-order chi connectivity index (χ1) is 16.5. The summed E-state index contributed by atoms with van der Waals surface area (Å²) >= 11 is 0. The molecule has 0 radical (unpaired) electrons. The van der Waals surface area contributed by atoms with Crippen LogP contribution < -0.4 is 15.0 Å². The number of carboxylic acid groups (broad SMARTS) is 1. The largest absolute Gasteiger partial charge is 0.465 e. The summed E-state index contributed by atoms with van der Waals surface area (Å²) < 4.78 is 6.24. The molecule has 2 N–H and O–H groups in total. The van der Waals surface area contributed by atoms with E-state index in [2.05, 4.69) is 21.2 Å². The summed E-state index contributed by atoms with van der Waals surface area (Å²) in [4.78, 5) is 27.6. The predicted molar refractivity (Wildman–Crippen MR) is 126 cm³/mol. The van der Waals surface area contributed by atoms with Crippen molar-refractivity contribution in [3.63, 3.8) is 0 Å². The van der Waals surface area contributed by atoms with Gasteiger partial charge in [0.2, 0.25) is 0 Å². The third kappa shape index (κ3) is 4.77. The number of nitrogens with zero attached hydrogens (tertiary/aromatic N) is 6. The normalized spacial score (nSPS) is 26.1. The molecule has 0 aromatic carbocycles. The molecule has 1 saturated carbocycles. The van der Waals surface area contributed by atoms with Crippen molar-refractivity contribution in [2.75, 3.05) is 50.8 Å². The van der Waals surface area contributed by atoms with Gasteiger partial charge in [0, 0.05) is 37.2 Å². The van der Waals surface area contributed by atoms with Gasteiger partial charge in [0.1, 0.15) is 5.82 Å². The van der Waals surface area contributed by atoms with E-state index < -0.39 is 12.1 Å². The third-order valence-corrected chi connectivity index (χ3v) is 7.75. The van der Waals surface area contributed by atoms with E-state index >= 15 is 0 Å². The van der Waals surface area contributed by atoms with Gasteiger partial charge < -0.3 is 25.0 Å². The van der Waals surface area contributed by atoms with E-state index in [1.165, 1.54) is 43.7 Å². The first kappa shape index (κ1) is 23.1. The minimum Gasteiger partial charge on any atom is -0.465 e. The number of hydrogen-bond donors (Lipinski definition) is 2. The summed E-state index contributed by atoms with van der Waals surface area (Å²) in [6, 6.07) is 1.94. The van der Waals surface area contributed by atoms with Crippen LogP contribution >= 0.6 is 0 Å². The number of rotatable bonds is 7. The Morgan fingerprint density at radius 1 is 1.29 bits per heavy atom. The molecule has 1 aromatic rings. The van der Waals surface area contributed by atoms with Crippen LogP contribution in [-0.4, -0.2) is 88.9 Å². The lowest BCUT2D eigenvalue weighted by atomic mass is 10.0. The van der Waals surface area contributed by atoms with E-state index in [0.29, 0.717) is 32.3 Å². The van der Waals surface area contributed by atoms with Crippen LogP contribution in [-0.2, 0) is 13.0 Å². The van der Waals surface area contributed by atoms with Gasteiger partial charge in [-0.2, -0.15) is 15.2 Å². The fourth-order valence-corrected chi connectivity index (χ4v) is 5.77. The highest BCUT2D eigenvalue weighted by Crippen LogP contribution is 2.47. The molecule has 10 heteroatoms. The molecular formula is C24H35N7O3. The Balaban J connectivity index is 1.36. The molecule has 1 aliphatic carbocycles. The first-order valence-corrected chi connectivity index (χ1v) is 12.6. The number of likely N-dealkylation sites (tertiary alicyclic amines) is 1. The minimum absolute atomic E-state index is 0.157. The van der Waals surface area contributed by atoms with Crippen LogP contribution in [0.25, 0.3) is 0 Å². The lowest BCUT2D eigenvalue weighted by molar-refractivity contribution is 0.0937. The summed E-state index contributed by atoms with van der Waals surface area (Å²) in [7, 11) is 0. The van der Waals surface area contributed by atoms with Gasteiger partial charge in [-0.3, -0.25) is 4.90 Å². The maximum absolute atomic E-state index is 11.8. The second-order valence-electron chi connectivity index (χ2n) is 10.4. The molecule has 0 spiro atoms. The monoisotopic (exact) mass is 469 g/mol. The number of anilines is 1. The number of aromatic nitrogens is 2. The van der Waals surface area contributed by atoms with E-state index in [1.807, 2.05) is 6.92 Å². The number of ether oxygens (including phenoxy) is 1. The Morgan fingerprint density at radius 3 is 2.79 bits per heavy atom. The van der Waals surface area contributed by atoms with Gasteiger partial charge in [-0.15, -0.1) is 0 Å². The average molecular weight is 470 g/mol. The number of nitriles is 1. The topological polar surface area (TPSA) is 118 Å².